The molecule has 0 aliphatic carbocycles. The minimum absolute atomic E-state index is 0.0177. The van der Waals surface area contributed by atoms with Crippen LogP contribution in [0.25, 0.3) is 0 Å². The largest absolute Gasteiger partial charge is 0.478 e. The summed E-state index contributed by atoms with van der Waals surface area (Å²) < 4.78 is 0. The van der Waals surface area contributed by atoms with E-state index < -0.39 is 12.0 Å². The van der Waals surface area contributed by atoms with Gasteiger partial charge in [-0.3, -0.25) is 0 Å². The zero-order chi connectivity index (χ0) is 15.4. The van der Waals surface area contributed by atoms with Crippen LogP contribution in [0, 0.1) is 0 Å². The number of carbonyl (C=O) groups excluding carboxylic acids is 1. The van der Waals surface area contributed by atoms with E-state index in [0.29, 0.717) is 5.69 Å². The lowest BCUT2D eigenvalue weighted by molar-refractivity contribution is 0.0697. The Labute approximate surface area is 130 Å². The van der Waals surface area contributed by atoms with Gasteiger partial charge in [-0.05, 0) is 36.6 Å². The van der Waals surface area contributed by atoms with E-state index in [1.165, 1.54) is 18.2 Å². The summed E-state index contributed by atoms with van der Waals surface area (Å²) in [5.74, 6) is -1.10. The van der Waals surface area contributed by atoms with Gasteiger partial charge in [-0.1, -0.05) is 17.7 Å². The fraction of sp³-hybridized carbons (Fsp3) is 0.143. The zero-order valence-corrected chi connectivity index (χ0v) is 12.7. The lowest BCUT2D eigenvalue weighted by atomic mass is 10.2. The van der Waals surface area contributed by atoms with Crippen LogP contribution in [0.3, 0.4) is 0 Å². The number of carboxylic acids is 1. The maximum atomic E-state index is 11.9. The minimum Gasteiger partial charge on any atom is -0.478 e. The summed E-state index contributed by atoms with van der Waals surface area (Å²) in [7, 11) is 0. The smallest absolute Gasteiger partial charge is 0.335 e. The molecule has 1 heterocycles. The Bertz CT molecular complexity index is 658. The van der Waals surface area contributed by atoms with Crippen LogP contribution in [0.15, 0.2) is 35.7 Å². The molecule has 7 heteroatoms. The lowest BCUT2D eigenvalue weighted by Crippen LogP contribution is -2.30. The Morgan fingerprint density at radius 3 is 2.71 bits per heavy atom. The average Bonchev–Trinajstić information content (AvgIpc) is 2.91. The van der Waals surface area contributed by atoms with Gasteiger partial charge in [0.15, 0.2) is 0 Å². The van der Waals surface area contributed by atoms with Crippen LogP contribution in [0.2, 0.25) is 5.02 Å². The van der Waals surface area contributed by atoms with Crippen molar-refractivity contribution in [2.45, 2.75) is 13.0 Å². The van der Waals surface area contributed by atoms with Gasteiger partial charge in [0.2, 0.25) is 0 Å². The van der Waals surface area contributed by atoms with Crippen LogP contribution in [-0.2, 0) is 0 Å². The molecule has 1 unspecified atom stereocenters. The Morgan fingerprint density at radius 2 is 2.10 bits per heavy atom. The number of urea groups is 1. The van der Waals surface area contributed by atoms with E-state index in [-0.39, 0.29) is 16.6 Å². The van der Waals surface area contributed by atoms with Crippen molar-refractivity contribution in [3.05, 3.63) is 51.2 Å². The number of benzene rings is 1. The molecule has 2 rings (SSSR count). The van der Waals surface area contributed by atoms with E-state index in [9.17, 15) is 9.59 Å². The topological polar surface area (TPSA) is 78.4 Å². The van der Waals surface area contributed by atoms with Crippen molar-refractivity contribution in [3.63, 3.8) is 0 Å². The summed E-state index contributed by atoms with van der Waals surface area (Å²) in [5, 5.41) is 16.5. The van der Waals surface area contributed by atoms with E-state index in [4.69, 9.17) is 16.7 Å². The molecule has 0 fully saturated rings. The molecule has 0 saturated heterocycles. The van der Waals surface area contributed by atoms with E-state index in [0.717, 1.165) is 4.88 Å². The Balaban J connectivity index is 2.04. The maximum Gasteiger partial charge on any atom is 0.335 e. The number of amides is 2. The lowest BCUT2D eigenvalue weighted by Gasteiger charge is -2.13. The van der Waals surface area contributed by atoms with E-state index in [1.807, 2.05) is 24.4 Å². The predicted octanol–water partition coefficient (Wildman–Crippen LogP) is 3.98. The predicted molar refractivity (Wildman–Crippen MR) is 83.3 cm³/mol. The number of rotatable bonds is 4. The maximum absolute atomic E-state index is 11.9. The first kappa shape index (κ1) is 15.3. The van der Waals surface area contributed by atoms with Crippen molar-refractivity contribution < 1.29 is 14.7 Å². The monoisotopic (exact) mass is 324 g/mol. The molecule has 0 radical (unpaired) electrons. The van der Waals surface area contributed by atoms with Gasteiger partial charge in [0.1, 0.15) is 0 Å². The number of anilines is 1. The van der Waals surface area contributed by atoms with Gasteiger partial charge in [-0.2, -0.15) is 0 Å². The molecular weight excluding hydrogens is 312 g/mol. The highest BCUT2D eigenvalue weighted by Gasteiger charge is 2.12. The molecule has 1 aromatic heterocycles. The van der Waals surface area contributed by atoms with Gasteiger partial charge >= 0.3 is 12.0 Å². The van der Waals surface area contributed by atoms with Gasteiger partial charge in [0, 0.05) is 15.6 Å². The van der Waals surface area contributed by atoms with E-state index in [1.54, 1.807) is 11.3 Å². The Hall–Kier alpha value is -2.05. The molecule has 1 aromatic carbocycles. The van der Waals surface area contributed by atoms with Crippen LogP contribution in [0.4, 0.5) is 10.5 Å². The first-order chi connectivity index (χ1) is 9.95. The number of hydrogen-bond donors (Lipinski definition) is 3. The van der Waals surface area contributed by atoms with Crippen LogP contribution in [0.1, 0.15) is 28.2 Å². The molecular formula is C14H13ClN2O3S. The summed E-state index contributed by atoms with van der Waals surface area (Å²) in [6, 6.07) is 7.44. The molecule has 110 valence electrons. The highest BCUT2D eigenvalue weighted by Crippen LogP contribution is 2.20. The summed E-state index contributed by atoms with van der Waals surface area (Å²) >= 11 is 7.38. The van der Waals surface area contributed by atoms with Crippen molar-refractivity contribution in [1.29, 1.82) is 0 Å². The minimum atomic E-state index is -1.10. The third-order valence-electron chi connectivity index (χ3n) is 2.72. The summed E-state index contributed by atoms with van der Waals surface area (Å²) in [6.45, 7) is 1.87. The van der Waals surface area contributed by atoms with Gasteiger partial charge in [0.05, 0.1) is 11.6 Å². The van der Waals surface area contributed by atoms with E-state index >= 15 is 0 Å². The first-order valence-corrected chi connectivity index (χ1v) is 7.36. The molecule has 5 nitrogen and oxygen atoms in total. The third kappa shape index (κ3) is 4.21. The number of aromatic carboxylic acids is 1. The second-order valence-corrected chi connectivity index (χ2v) is 5.79. The Kier molecular flexibility index (Phi) is 4.82. The second kappa shape index (κ2) is 6.60. The SMILES string of the molecule is CC(NC(=O)Nc1cc(Cl)cc(C(=O)O)c1)c1cccs1. The van der Waals surface area contributed by atoms with Crippen LogP contribution < -0.4 is 10.6 Å². The molecule has 1 atom stereocenters. The van der Waals surface area contributed by atoms with E-state index in [2.05, 4.69) is 10.6 Å². The zero-order valence-electron chi connectivity index (χ0n) is 11.1. The third-order valence-corrected chi connectivity index (χ3v) is 3.99. The summed E-state index contributed by atoms with van der Waals surface area (Å²) in [4.78, 5) is 23.9. The first-order valence-electron chi connectivity index (χ1n) is 6.10. The summed E-state index contributed by atoms with van der Waals surface area (Å²) in [6.07, 6.45) is 0. The number of hydrogen-bond acceptors (Lipinski definition) is 3. The summed E-state index contributed by atoms with van der Waals surface area (Å²) in [5.41, 5.74) is 0.347. The molecule has 0 spiro atoms. The molecule has 2 amide bonds. The molecule has 0 bridgehead atoms. The van der Waals surface area contributed by atoms with Gasteiger partial charge in [0.25, 0.3) is 0 Å². The number of halogens is 1. The fourth-order valence-corrected chi connectivity index (χ4v) is 2.73. The van der Waals surface area contributed by atoms with Crippen LogP contribution in [-0.4, -0.2) is 17.1 Å². The Morgan fingerprint density at radius 1 is 1.33 bits per heavy atom. The quantitative estimate of drug-likeness (QED) is 0.796. The van der Waals surface area contributed by atoms with Crippen LogP contribution in [0.5, 0.6) is 0 Å². The standard InChI is InChI=1S/C14H13ClN2O3S/c1-8(12-3-2-4-21-12)16-14(20)17-11-6-9(13(18)19)5-10(15)7-11/h2-8H,1H3,(H,18,19)(H2,16,17,20). The van der Waals surface area contributed by atoms with Gasteiger partial charge in [-0.25, -0.2) is 9.59 Å². The number of carbonyl (C=O) groups is 2. The average molecular weight is 325 g/mol. The number of carboxylic acid groups (broad SMARTS) is 1. The fourth-order valence-electron chi connectivity index (χ4n) is 1.76. The highest BCUT2D eigenvalue weighted by atomic mass is 35.5. The highest BCUT2D eigenvalue weighted by molar-refractivity contribution is 7.10. The number of nitrogens with one attached hydrogen (secondary N) is 2. The van der Waals surface area contributed by atoms with Gasteiger partial charge in [-0.15, -0.1) is 11.3 Å². The molecule has 0 aliphatic rings. The molecule has 2 aromatic rings. The van der Waals surface area contributed by atoms with Crippen molar-refractivity contribution in [3.8, 4) is 0 Å². The molecule has 3 N–H and O–H groups in total. The van der Waals surface area contributed by atoms with Crippen molar-refractivity contribution >= 4 is 40.6 Å². The normalized spacial score (nSPS) is 11.7. The molecule has 0 saturated carbocycles. The molecule has 21 heavy (non-hydrogen) atoms. The van der Waals surface area contributed by atoms with Crippen molar-refractivity contribution in [1.82, 2.24) is 5.32 Å². The van der Waals surface area contributed by atoms with Crippen molar-refractivity contribution in [2.75, 3.05) is 5.32 Å². The van der Waals surface area contributed by atoms with Crippen LogP contribution >= 0.6 is 22.9 Å². The molecule has 0 aliphatic heterocycles. The second-order valence-electron chi connectivity index (χ2n) is 4.37. The number of thiophene rings is 1. The van der Waals surface area contributed by atoms with Gasteiger partial charge < -0.3 is 15.7 Å². The van der Waals surface area contributed by atoms with Crippen molar-refractivity contribution in [2.24, 2.45) is 0 Å².